The SMILES string of the molecule is CCCCCC(CC)(CC)SC(C)C(=O)O. The molecule has 0 bridgehead atoms. The summed E-state index contributed by atoms with van der Waals surface area (Å²) in [5.74, 6) is -0.688. The number of carboxylic acid groups (broad SMARTS) is 1. The van der Waals surface area contributed by atoms with E-state index in [-0.39, 0.29) is 10.00 Å². The predicted molar refractivity (Wildman–Crippen MR) is 72.1 cm³/mol. The quantitative estimate of drug-likeness (QED) is 0.615. The van der Waals surface area contributed by atoms with Gasteiger partial charge >= 0.3 is 5.97 Å². The van der Waals surface area contributed by atoms with E-state index in [9.17, 15) is 4.79 Å². The zero-order valence-electron chi connectivity index (χ0n) is 11.1. The van der Waals surface area contributed by atoms with Gasteiger partial charge in [-0.2, -0.15) is 0 Å². The number of rotatable bonds is 9. The number of hydrogen-bond donors (Lipinski definition) is 1. The molecule has 0 heterocycles. The molecule has 0 aliphatic rings. The molecule has 0 aliphatic heterocycles. The van der Waals surface area contributed by atoms with E-state index in [4.69, 9.17) is 5.11 Å². The molecule has 3 heteroatoms. The standard InChI is InChI=1S/C13H26O2S/c1-5-8-9-10-13(6-2,7-3)16-11(4)12(14)15/h11H,5-10H2,1-4H3,(H,14,15). The normalized spacial score (nSPS) is 13.8. The van der Waals surface area contributed by atoms with Crippen LogP contribution >= 0.6 is 11.8 Å². The summed E-state index contributed by atoms with van der Waals surface area (Å²) in [6.07, 6.45) is 6.98. The zero-order chi connectivity index (χ0) is 12.6. The van der Waals surface area contributed by atoms with Crippen molar-refractivity contribution in [2.75, 3.05) is 0 Å². The molecule has 1 atom stereocenters. The summed E-state index contributed by atoms with van der Waals surface area (Å²) >= 11 is 1.65. The lowest BCUT2D eigenvalue weighted by Gasteiger charge is -2.32. The van der Waals surface area contributed by atoms with Crippen molar-refractivity contribution in [3.05, 3.63) is 0 Å². The third kappa shape index (κ3) is 5.24. The van der Waals surface area contributed by atoms with Crippen LogP contribution in [0.1, 0.15) is 66.2 Å². The van der Waals surface area contributed by atoms with Crippen LogP contribution in [-0.4, -0.2) is 21.1 Å². The maximum absolute atomic E-state index is 10.9. The number of unbranched alkanes of at least 4 members (excludes halogenated alkanes) is 2. The molecular weight excluding hydrogens is 220 g/mol. The maximum Gasteiger partial charge on any atom is 0.316 e. The third-order valence-corrected chi connectivity index (χ3v) is 5.14. The second-order valence-corrected chi connectivity index (χ2v) is 6.25. The van der Waals surface area contributed by atoms with Gasteiger partial charge in [-0.05, 0) is 26.2 Å². The Morgan fingerprint density at radius 3 is 2.19 bits per heavy atom. The van der Waals surface area contributed by atoms with Crippen molar-refractivity contribution in [2.24, 2.45) is 0 Å². The fourth-order valence-electron chi connectivity index (χ4n) is 1.95. The van der Waals surface area contributed by atoms with Crippen molar-refractivity contribution < 1.29 is 9.90 Å². The van der Waals surface area contributed by atoms with Crippen LogP contribution in [0.5, 0.6) is 0 Å². The zero-order valence-corrected chi connectivity index (χ0v) is 11.9. The van der Waals surface area contributed by atoms with Crippen LogP contribution < -0.4 is 0 Å². The highest BCUT2D eigenvalue weighted by atomic mass is 32.2. The Kier molecular flexibility index (Phi) is 7.90. The van der Waals surface area contributed by atoms with Crippen molar-refractivity contribution in [1.82, 2.24) is 0 Å². The molecule has 0 aromatic heterocycles. The van der Waals surface area contributed by atoms with Crippen LogP contribution in [-0.2, 0) is 4.79 Å². The molecular formula is C13H26O2S. The molecule has 1 N–H and O–H groups in total. The molecule has 0 amide bonds. The first-order valence-electron chi connectivity index (χ1n) is 6.42. The second kappa shape index (κ2) is 7.99. The van der Waals surface area contributed by atoms with Crippen LogP contribution in [0.2, 0.25) is 0 Å². The van der Waals surface area contributed by atoms with Crippen molar-refractivity contribution in [3.63, 3.8) is 0 Å². The topological polar surface area (TPSA) is 37.3 Å². The van der Waals surface area contributed by atoms with Crippen molar-refractivity contribution in [2.45, 2.75) is 76.2 Å². The van der Waals surface area contributed by atoms with Gasteiger partial charge in [-0.15, -0.1) is 11.8 Å². The lowest BCUT2D eigenvalue weighted by molar-refractivity contribution is -0.136. The highest BCUT2D eigenvalue weighted by Gasteiger charge is 2.30. The van der Waals surface area contributed by atoms with E-state index in [0.29, 0.717) is 0 Å². The molecule has 0 radical (unpaired) electrons. The Balaban J connectivity index is 4.36. The maximum atomic E-state index is 10.9. The molecule has 0 saturated heterocycles. The molecule has 0 aliphatic carbocycles. The monoisotopic (exact) mass is 246 g/mol. The molecule has 0 fully saturated rings. The van der Waals surface area contributed by atoms with Gasteiger partial charge in [-0.3, -0.25) is 4.79 Å². The molecule has 2 nitrogen and oxygen atoms in total. The summed E-state index contributed by atoms with van der Waals surface area (Å²) in [7, 11) is 0. The summed E-state index contributed by atoms with van der Waals surface area (Å²) in [6.45, 7) is 8.35. The van der Waals surface area contributed by atoms with E-state index < -0.39 is 5.97 Å². The average molecular weight is 246 g/mol. The minimum atomic E-state index is -0.688. The van der Waals surface area contributed by atoms with E-state index in [1.807, 2.05) is 0 Å². The summed E-state index contributed by atoms with van der Waals surface area (Å²) < 4.78 is 0.174. The van der Waals surface area contributed by atoms with Gasteiger partial charge < -0.3 is 5.11 Å². The lowest BCUT2D eigenvalue weighted by atomic mass is 9.95. The minimum Gasteiger partial charge on any atom is -0.480 e. The van der Waals surface area contributed by atoms with Crippen molar-refractivity contribution >= 4 is 17.7 Å². The third-order valence-electron chi connectivity index (χ3n) is 3.30. The summed E-state index contributed by atoms with van der Waals surface area (Å²) in [5.41, 5.74) is 0. The Hall–Kier alpha value is -0.180. The Bertz CT molecular complexity index is 200. The number of aliphatic carboxylic acids is 1. The van der Waals surface area contributed by atoms with Gasteiger partial charge in [0.1, 0.15) is 0 Å². The van der Waals surface area contributed by atoms with Crippen LogP contribution in [0.3, 0.4) is 0 Å². The number of hydrogen-bond acceptors (Lipinski definition) is 2. The van der Waals surface area contributed by atoms with Crippen LogP contribution in [0.15, 0.2) is 0 Å². The van der Waals surface area contributed by atoms with E-state index in [2.05, 4.69) is 20.8 Å². The number of carbonyl (C=O) groups is 1. The van der Waals surface area contributed by atoms with Crippen LogP contribution in [0.25, 0.3) is 0 Å². The van der Waals surface area contributed by atoms with Gasteiger partial charge in [0.2, 0.25) is 0 Å². The van der Waals surface area contributed by atoms with Crippen molar-refractivity contribution in [3.8, 4) is 0 Å². The van der Waals surface area contributed by atoms with E-state index in [0.717, 1.165) is 19.3 Å². The molecule has 0 rings (SSSR count). The van der Waals surface area contributed by atoms with E-state index in [1.54, 1.807) is 18.7 Å². The summed E-state index contributed by atoms with van der Waals surface area (Å²) in [6, 6.07) is 0. The van der Waals surface area contributed by atoms with Gasteiger partial charge in [0, 0.05) is 4.75 Å². The van der Waals surface area contributed by atoms with Gasteiger partial charge in [-0.1, -0.05) is 40.0 Å². The molecule has 16 heavy (non-hydrogen) atoms. The highest BCUT2D eigenvalue weighted by molar-refractivity contribution is 8.01. The predicted octanol–water partition coefficient (Wildman–Crippen LogP) is 4.33. The first kappa shape index (κ1) is 15.8. The average Bonchev–Trinajstić information content (AvgIpc) is 2.27. The molecule has 0 spiro atoms. The fraction of sp³-hybridized carbons (Fsp3) is 0.923. The van der Waals surface area contributed by atoms with Gasteiger partial charge in [0.25, 0.3) is 0 Å². The number of carboxylic acids is 1. The molecule has 0 aromatic rings. The Morgan fingerprint density at radius 2 is 1.81 bits per heavy atom. The van der Waals surface area contributed by atoms with E-state index in [1.165, 1.54) is 19.3 Å². The molecule has 0 aromatic carbocycles. The van der Waals surface area contributed by atoms with Crippen LogP contribution in [0, 0.1) is 0 Å². The van der Waals surface area contributed by atoms with E-state index >= 15 is 0 Å². The van der Waals surface area contributed by atoms with Gasteiger partial charge in [0.15, 0.2) is 0 Å². The summed E-state index contributed by atoms with van der Waals surface area (Å²) in [4.78, 5) is 10.9. The molecule has 0 saturated carbocycles. The first-order chi connectivity index (χ1) is 7.51. The lowest BCUT2D eigenvalue weighted by Crippen LogP contribution is -2.28. The molecule has 1 unspecified atom stereocenters. The summed E-state index contributed by atoms with van der Waals surface area (Å²) in [5, 5.41) is 8.70. The van der Waals surface area contributed by atoms with Crippen LogP contribution in [0.4, 0.5) is 0 Å². The first-order valence-corrected chi connectivity index (χ1v) is 7.30. The second-order valence-electron chi connectivity index (χ2n) is 4.45. The highest BCUT2D eigenvalue weighted by Crippen LogP contribution is 2.40. The van der Waals surface area contributed by atoms with Gasteiger partial charge in [-0.25, -0.2) is 0 Å². The van der Waals surface area contributed by atoms with Gasteiger partial charge in [0.05, 0.1) is 5.25 Å². The Morgan fingerprint density at radius 1 is 1.25 bits per heavy atom. The smallest absolute Gasteiger partial charge is 0.316 e. The Labute approximate surface area is 104 Å². The molecule has 96 valence electrons. The number of thioether (sulfide) groups is 1. The minimum absolute atomic E-state index is 0.174. The largest absolute Gasteiger partial charge is 0.480 e. The van der Waals surface area contributed by atoms with Crippen molar-refractivity contribution in [1.29, 1.82) is 0 Å². The fourth-order valence-corrected chi connectivity index (χ4v) is 3.40.